The first-order valence-corrected chi connectivity index (χ1v) is 10.4. The van der Waals surface area contributed by atoms with Crippen LogP contribution >= 0.6 is 0 Å². The van der Waals surface area contributed by atoms with Crippen LogP contribution in [0.1, 0.15) is 25.0 Å². The zero-order valence-electron chi connectivity index (χ0n) is 17.5. The summed E-state index contributed by atoms with van der Waals surface area (Å²) in [6.45, 7) is 5.25. The third kappa shape index (κ3) is 4.55. The minimum Gasteiger partial charge on any atom is -0.378 e. The molecule has 2 aliphatic heterocycles. The molecule has 8 nitrogen and oxygen atoms in total. The maximum atomic E-state index is 12.7. The second-order valence-corrected chi connectivity index (χ2v) is 7.87. The molecule has 1 N–H and O–H groups in total. The second kappa shape index (κ2) is 8.97. The van der Waals surface area contributed by atoms with E-state index in [9.17, 15) is 9.59 Å². The fourth-order valence-corrected chi connectivity index (χ4v) is 3.99. The van der Waals surface area contributed by atoms with E-state index >= 15 is 0 Å². The normalized spacial score (nSPS) is 19.1. The summed E-state index contributed by atoms with van der Waals surface area (Å²) in [6.07, 6.45) is 5.76. The van der Waals surface area contributed by atoms with Gasteiger partial charge in [-0.25, -0.2) is 0 Å². The van der Waals surface area contributed by atoms with Gasteiger partial charge in [0.05, 0.1) is 37.6 Å². The van der Waals surface area contributed by atoms with E-state index in [1.165, 1.54) is 0 Å². The molecular weight excluding hydrogens is 384 g/mol. The van der Waals surface area contributed by atoms with Gasteiger partial charge in [-0.2, -0.15) is 0 Å². The van der Waals surface area contributed by atoms with Crippen LogP contribution in [0.2, 0.25) is 0 Å². The van der Waals surface area contributed by atoms with Gasteiger partial charge in [-0.3, -0.25) is 14.6 Å². The standard InChI is InChI=1S/C22H28N4O4/c1-15-19(11-17(13-23-15)24-21(27)12-18-4-3-7-30-18)16-10-20(22(28)25(2)14-16)26-5-8-29-9-6-26/h10-11,13-14,18H,3-9,12H2,1-2H3,(H,24,27)/t18-/m0/s1. The van der Waals surface area contributed by atoms with Gasteiger partial charge in [-0.1, -0.05) is 0 Å². The topological polar surface area (TPSA) is 85.7 Å². The molecule has 160 valence electrons. The summed E-state index contributed by atoms with van der Waals surface area (Å²) < 4.78 is 12.6. The first-order valence-electron chi connectivity index (χ1n) is 10.4. The molecule has 1 amide bonds. The molecule has 2 aromatic rings. The van der Waals surface area contributed by atoms with Crippen LogP contribution < -0.4 is 15.8 Å². The predicted octanol–water partition coefficient (Wildman–Crippen LogP) is 2.10. The summed E-state index contributed by atoms with van der Waals surface area (Å²) in [5, 5.41) is 2.93. The van der Waals surface area contributed by atoms with Crippen LogP contribution in [-0.4, -0.2) is 54.5 Å². The van der Waals surface area contributed by atoms with E-state index in [1.54, 1.807) is 17.8 Å². The lowest BCUT2D eigenvalue weighted by atomic mass is 10.0. The number of amides is 1. The van der Waals surface area contributed by atoms with Crippen molar-refractivity contribution in [2.24, 2.45) is 7.05 Å². The van der Waals surface area contributed by atoms with Crippen LogP contribution in [0.4, 0.5) is 11.4 Å². The van der Waals surface area contributed by atoms with Crippen LogP contribution in [0.5, 0.6) is 0 Å². The van der Waals surface area contributed by atoms with E-state index in [0.29, 0.717) is 44.1 Å². The van der Waals surface area contributed by atoms with Gasteiger partial charge < -0.3 is 24.3 Å². The quantitative estimate of drug-likeness (QED) is 0.810. The summed E-state index contributed by atoms with van der Waals surface area (Å²) in [6, 6.07) is 3.83. The number of aromatic nitrogens is 2. The number of morpholine rings is 1. The zero-order chi connectivity index (χ0) is 21.1. The summed E-state index contributed by atoms with van der Waals surface area (Å²) in [7, 11) is 1.76. The molecular formula is C22H28N4O4. The first-order chi connectivity index (χ1) is 14.5. The highest BCUT2D eigenvalue weighted by Gasteiger charge is 2.20. The van der Waals surface area contributed by atoms with Crippen LogP contribution in [0.15, 0.2) is 29.3 Å². The Labute approximate surface area is 175 Å². The van der Waals surface area contributed by atoms with Crippen LogP contribution in [0, 0.1) is 6.92 Å². The largest absolute Gasteiger partial charge is 0.378 e. The number of carbonyl (C=O) groups is 1. The molecule has 0 unspecified atom stereocenters. The number of aryl methyl sites for hydroxylation is 2. The van der Waals surface area contributed by atoms with Crippen molar-refractivity contribution < 1.29 is 14.3 Å². The molecule has 2 aliphatic rings. The Morgan fingerprint density at radius 3 is 2.80 bits per heavy atom. The third-order valence-corrected chi connectivity index (χ3v) is 5.63. The highest BCUT2D eigenvalue weighted by atomic mass is 16.5. The third-order valence-electron chi connectivity index (χ3n) is 5.63. The summed E-state index contributed by atoms with van der Waals surface area (Å²) in [5.41, 5.74) is 3.87. The molecule has 2 fully saturated rings. The Morgan fingerprint density at radius 1 is 1.27 bits per heavy atom. The van der Waals surface area contributed by atoms with Gasteiger partial charge in [-0.15, -0.1) is 0 Å². The van der Waals surface area contributed by atoms with Crippen LogP contribution in [0.3, 0.4) is 0 Å². The molecule has 8 heteroatoms. The number of anilines is 2. The Morgan fingerprint density at radius 2 is 2.07 bits per heavy atom. The van der Waals surface area contributed by atoms with E-state index < -0.39 is 0 Å². The number of nitrogens with zero attached hydrogens (tertiary/aromatic N) is 3. The Balaban J connectivity index is 1.60. The summed E-state index contributed by atoms with van der Waals surface area (Å²) in [4.78, 5) is 31.6. The number of rotatable bonds is 5. The van der Waals surface area contributed by atoms with Crippen LogP contribution in [-0.2, 0) is 21.3 Å². The van der Waals surface area contributed by atoms with E-state index in [4.69, 9.17) is 9.47 Å². The van der Waals surface area contributed by atoms with Gasteiger partial charge in [0.25, 0.3) is 5.56 Å². The molecule has 0 aliphatic carbocycles. The Kier molecular flexibility index (Phi) is 6.15. The van der Waals surface area contributed by atoms with Gasteiger partial charge in [0.1, 0.15) is 5.69 Å². The monoisotopic (exact) mass is 412 g/mol. The lowest BCUT2D eigenvalue weighted by Gasteiger charge is -2.28. The van der Waals surface area contributed by atoms with Crippen molar-refractivity contribution in [3.63, 3.8) is 0 Å². The van der Waals surface area contributed by atoms with Crippen molar-refractivity contribution >= 4 is 17.3 Å². The number of nitrogens with one attached hydrogen (secondary N) is 1. The molecule has 30 heavy (non-hydrogen) atoms. The van der Waals surface area contributed by atoms with Gasteiger partial charge in [0, 0.05) is 49.8 Å². The highest BCUT2D eigenvalue weighted by molar-refractivity contribution is 5.91. The van der Waals surface area contributed by atoms with Crippen molar-refractivity contribution in [1.82, 2.24) is 9.55 Å². The summed E-state index contributed by atoms with van der Waals surface area (Å²) in [5.74, 6) is -0.0760. The molecule has 2 saturated heterocycles. The van der Waals surface area contributed by atoms with E-state index in [-0.39, 0.29) is 17.6 Å². The maximum absolute atomic E-state index is 12.7. The second-order valence-electron chi connectivity index (χ2n) is 7.87. The molecule has 0 spiro atoms. The van der Waals surface area contributed by atoms with Crippen molar-refractivity contribution in [3.8, 4) is 11.1 Å². The smallest absolute Gasteiger partial charge is 0.273 e. The maximum Gasteiger partial charge on any atom is 0.273 e. The predicted molar refractivity (Wildman–Crippen MR) is 115 cm³/mol. The molecule has 1 atom stereocenters. The number of pyridine rings is 2. The van der Waals surface area contributed by atoms with E-state index in [0.717, 1.165) is 36.3 Å². The molecule has 4 rings (SSSR count). The molecule has 0 aromatic carbocycles. The number of hydrogen-bond acceptors (Lipinski definition) is 6. The first kappa shape index (κ1) is 20.6. The molecule has 0 radical (unpaired) electrons. The van der Waals surface area contributed by atoms with Crippen LogP contribution in [0.25, 0.3) is 11.1 Å². The van der Waals surface area contributed by atoms with Gasteiger partial charge in [0.15, 0.2) is 0 Å². The van der Waals surface area contributed by atoms with Gasteiger partial charge in [0.2, 0.25) is 5.91 Å². The molecule has 0 saturated carbocycles. The number of hydrogen-bond donors (Lipinski definition) is 1. The average Bonchev–Trinajstić information content (AvgIpc) is 3.25. The zero-order valence-corrected chi connectivity index (χ0v) is 17.5. The van der Waals surface area contributed by atoms with Gasteiger partial charge >= 0.3 is 0 Å². The molecule has 4 heterocycles. The lowest BCUT2D eigenvalue weighted by Crippen LogP contribution is -2.40. The van der Waals surface area contributed by atoms with E-state index in [1.807, 2.05) is 25.3 Å². The number of ether oxygens (including phenoxy) is 2. The van der Waals surface area contributed by atoms with Crippen molar-refractivity contribution in [2.75, 3.05) is 43.1 Å². The highest BCUT2D eigenvalue weighted by Crippen LogP contribution is 2.27. The van der Waals surface area contributed by atoms with Crippen molar-refractivity contribution in [3.05, 3.63) is 40.6 Å². The summed E-state index contributed by atoms with van der Waals surface area (Å²) >= 11 is 0. The lowest BCUT2D eigenvalue weighted by molar-refractivity contribution is -0.118. The minimum absolute atomic E-state index is 0.00241. The molecule has 2 aromatic heterocycles. The average molecular weight is 412 g/mol. The van der Waals surface area contributed by atoms with Crippen molar-refractivity contribution in [2.45, 2.75) is 32.3 Å². The minimum atomic E-state index is -0.0760. The van der Waals surface area contributed by atoms with E-state index in [2.05, 4.69) is 15.2 Å². The Bertz CT molecular complexity index is 976. The number of carbonyl (C=O) groups excluding carboxylic acids is 1. The Hall–Kier alpha value is -2.71. The van der Waals surface area contributed by atoms with Crippen molar-refractivity contribution in [1.29, 1.82) is 0 Å². The molecule has 0 bridgehead atoms. The SMILES string of the molecule is Cc1ncc(NC(=O)C[C@@H]2CCCO2)cc1-c1cc(N2CCOCC2)c(=O)n(C)c1. The fourth-order valence-electron chi connectivity index (χ4n) is 3.99. The fraction of sp³-hybridized carbons (Fsp3) is 0.500. The van der Waals surface area contributed by atoms with Gasteiger partial charge in [-0.05, 0) is 31.9 Å².